The summed E-state index contributed by atoms with van der Waals surface area (Å²) in [4.78, 5) is 10.2. The van der Waals surface area contributed by atoms with Crippen LogP contribution in [0.4, 0.5) is 10.1 Å². The van der Waals surface area contributed by atoms with Gasteiger partial charge in [-0.15, -0.1) is 11.3 Å². The van der Waals surface area contributed by atoms with Crippen LogP contribution in [0.5, 0.6) is 0 Å². The number of pyridine rings is 1. The number of aryl methyl sites for hydroxylation is 3. The van der Waals surface area contributed by atoms with Crippen molar-refractivity contribution in [2.45, 2.75) is 27.3 Å². The van der Waals surface area contributed by atoms with Crippen molar-refractivity contribution in [3.8, 4) is 0 Å². The fraction of sp³-hybridized carbons (Fsp3) is 0.250. The minimum absolute atomic E-state index is 0.253. The summed E-state index contributed by atoms with van der Waals surface area (Å²) in [5.41, 5.74) is 3.63. The number of aromatic nitrogens is 2. The van der Waals surface area contributed by atoms with Gasteiger partial charge in [0, 0.05) is 21.6 Å². The molecule has 0 spiro atoms. The number of fused-ring (bicyclic) bond motifs is 1. The predicted molar refractivity (Wildman–Crippen MR) is 85.4 cm³/mol. The molecule has 0 aliphatic rings. The van der Waals surface area contributed by atoms with E-state index in [1.54, 1.807) is 17.4 Å². The van der Waals surface area contributed by atoms with Gasteiger partial charge < -0.3 is 5.32 Å². The number of anilines is 1. The van der Waals surface area contributed by atoms with Crippen LogP contribution in [0.3, 0.4) is 0 Å². The van der Waals surface area contributed by atoms with E-state index in [2.05, 4.69) is 22.2 Å². The molecule has 5 heteroatoms. The number of hydrogen-bond acceptors (Lipinski definition) is 4. The third-order valence-corrected chi connectivity index (χ3v) is 4.27. The summed E-state index contributed by atoms with van der Waals surface area (Å²) in [5, 5.41) is 5.22. The fourth-order valence-corrected chi connectivity index (χ4v) is 3.23. The Hall–Kier alpha value is -2.01. The van der Waals surface area contributed by atoms with Crippen LogP contribution in [-0.2, 0) is 6.54 Å². The first-order chi connectivity index (χ1) is 10.0. The highest BCUT2D eigenvalue weighted by Crippen LogP contribution is 2.25. The van der Waals surface area contributed by atoms with Crippen molar-refractivity contribution in [1.82, 2.24) is 9.97 Å². The van der Waals surface area contributed by atoms with Crippen molar-refractivity contribution in [3.63, 3.8) is 0 Å². The standard InChI is InChI=1S/C16H16FN3S/c1-9-6-15(13-7-12(17)4-5-14(13)19-9)18-8-16-10(2)21-11(3)20-16/h4-7H,8H2,1-3H3,(H,18,19). The molecule has 0 aliphatic carbocycles. The Kier molecular flexibility index (Phi) is 3.59. The summed E-state index contributed by atoms with van der Waals surface area (Å²) in [7, 11) is 0. The van der Waals surface area contributed by atoms with Crippen LogP contribution in [0.25, 0.3) is 10.9 Å². The molecule has 2 aromatic heterocycles. The van der Waals surface area contributed by atoms with Crippen LogP contribution < -0.4 is 5.32 Å². The smallest absolute Gasteiger partial charge is 0.124 e. The lowest BCUT2D eigenvalue weighted by Gasteiger charge is -2.10. The number of nitrogens with zero attached hydrogens (tertiary/aromatic N) is 2. The number of hydrogen-bond donors (Lipinski definition) is 1. The molecule has 3 nitrogen and oxygen atoms in total. The Balaban J connectivity index is 1.96. The van der Waals surface area contributed by atoms with E-state index in [0.29, 0.717) is 6.54 Å². The molecule has 0 atom stereocenters. The predicted octanol–water partition coefficient (Wildman–Crippen LogP) is 4.37. The van der Waals surface area contributed by atoms with E-state index in [1.165, 1.54) is 17.0 Å². The van der Waals surface area contributed by atoms with E-state index >= 15 is 0 Å². The SMILES string of the molecule is Cc1cc(NCc2nc(C)sc2C)c2cc(F)ccc2n1. The first kappa shape index (κ1) is 13.9. The van der Waals surface area contributed by atoms with Crippen molar-refractivity contribution < 1.29 is 4.39 Å². The third kappa shape index (κ3) is 2.88. The summed E-state index contributed by atoms with van der Waals surface area (Å²) in [5.74, 6) is -0.253. The minimum atomic E-state index is -0.253. The largest absolute Gasteiger partial charge is 0.379 e. The van der Waals surface area contributed by atoms with Crippen molar-refractivity contribution in [1.29, 1.82) is 0 Å². The molecule has 0 radical (unpaired) electrons. The Morgan fingerprint density at radius 3 is 2.67 bits per heavy atom. The van der Waals surface area contributed by atoms with Crippen molar-refractivity contribution in [2.24, 2.45) is 0 Å². The lowest BCUT2D eigenvalue weighted by molar-refractivity contribution is 0.629. The van der Waals surface area contributed by atoms with Gasteiger partial charge in [0.2, 0.25) is 0 Å². The van der Waals surface area contributed by atoms with Gasteiger partial charge in [0.05, 0.1) is 22.8 Å². The number of benzene rings is 1. The van der Waals surface area contributed by atoms with E-state index in [0.717, 1.165) is 33.0 Å². The summed E-state index contributed by atoms with van der Waals surface area (Å²) in [6.45, 7) is 6.64. The van der Waals surface area contributed by atoms with Crippen molar-refractivity contribution in [2.75, 3.05) is 5.32 Å². The van der Waals surface area contributed by atoms with Gasteiger partial charge in [-0.25, -0.2) is 9.37 Å². The van der Waals surface area contributed by atoms with Gasteiger partial charge in [-0.3, -0.25) is 4.98 Å². The van der Waals surface area contributed by atoms with Crippen molar-refractivity contribution in [3.05, 3.63) is 51.4 Å². The van der Waals surface area contributed by atoms with Gasteiger partial charge >= 0.3 is 0 Å². The summed E-state index contributed by atoms with van der Waals surface area (Å²) in [6.07, 6.45) is 0. The molecule has 0 aliphatic heterocycles. The molecule has 0 fully saturated rings. The van der Waals surface area contributed by atoms with E-state index in [4.69, 9.17) is 0 Å². The average Bonchev–Trinajstić information content (AvgIpc) is 2.75. The molecule has 0 saturated carbocycles. The molecule has 0 saturated heterocycles. The van der Waals surface area contributed by atoms with Crippen LogP contribution in [0.15, 0.2) is 24.3 Å². The zero-order valence-electron chi connectivity index (χ0n) is 12.2. The molecule has 0 unspecified atom stereocenters. The van der Waals surface area contributed by atoms with Crippen LogP contribution in [-0.4, -0.2) is 9.97 Å². The zero-order chi connectivity index (χ0) is 15.0. The van der Waals surface area contributed by atoms with E-state index in [-0.39, 0.29) is 5.82 Å². The van der Waals surface area contributed by atoms with E-state index in [9.17, 15) is 4.39 Å². The van der Waals surface area contributed by atoms with Gasteiger partial charge in [0.25, 0.3) is 0 Å². The van der Waals surface area contributed by atoms with Gasteiger partial charge in [0.15, 0.2) is 0 Å². The number of halogens is 1. The van der Waals surface area contributed by atoms with Crippen LogP contribution >= 0.6 is 11.3 Å². The Morgan fingerprint density at radius 1 is 1.14 bits per heavy atom. The number of rotatable bonds is 3. The van der Waals surface area contributed by atoms with Crippen LogP contribution in [0.2, 0.25) is 0 Å². The first-order valence-corrected chi connectivity index (χ1v) is 7.58. The Bertz CT molecular complexity index is 811. The molecule has 0 bridgehead atoms. The number of nitrogens with one attached hydrogen (secondary N) is 1. The average molecular weight is 301 g/mol. The van der Waals surface area contributed by atoms with Crippen LogP contribution in [0, 0.1) is 26.6 Å². The maximum Gasteiger partial charge on any atom is 0.124 e. The van der Waals surface area contributed by atoms with Gasteiger partial charge in [-0.05, 0) is 45.0 Å². The normalized spacial score (nSPS) is 11.0. The minimum Gasteiger partial charge on any atom is -0.379 e. The number of thiazole rings is 1. The van der Waals surface area contributed by atoms with E-state index in [1.807, 2.05) is 19.9 Å². The first-order valence-electron chi connectivity index (χ1n) is 6.76. The second-order valence-corrected chi connectivity index (χ2v) is 6.47. The summed E-state index contributed by atoms with van der Waals surface area (Å²) >= 11 is 1.69. The molecule has 0 amide bonds. The molecular weight excluding hydrogens is 285 g/mol. The van der Waals surface area contributed by atoms with Gasteiger partial charge in [-0.2, -0.15) is 0 Å². The maximum absolute atomic E-state index is 13.5. The molecule has 2 heterocycles. The highest BCUT2D eigenvalue weighted by atomic mass is 32.1. The highest BCUT2D eigenvalue weighted by molar-refractivity contribution is 7.11. The molecule has 21 heavy (non-hydrogen) atoms. The molecule has 1 aromatic carbocycles. The topological polar surface area (TPSA) is 37.8 Å². The van der Waals surface area contributed by atoms with Crippen LogP contribution in [0.1, 0.15) is 21.3 Å². The Morgan fingerprint density at radius 2 is 1.95 bits per heavy atom. The molecule has 108 valence electrons. The second-order valence-electron chi connectivity index (χ2n) is 5.06. The van der Waals surface area contributed by atoms with E-state index < -0.39 is 0 Å². The molecular formula is C16H16FN3S. The molecule has 3 rings (SSSR count). The van der Waals surface area contributed by atoms with Crippen molar-refractivity contribution >= 4 is 27.9 Å². The lowest BCUT2D eigenvalue weighted by atomic mass is 10.1. The molecule has 1 N–H and O–H groups in total. The zero-order valence-corrected chi connectivity index (χ0v) is 13.0. The second kappa shape index (κ2) is 5.41. The quantitative estimate of drug-likeness (QED) is 0.780. The lowest BCUT2D eigenvalue weighted by Crippen LogP contribution is -2.03. The maximum atomic E-state index is 13.5. The molecule has 3 aromatic rings. The highest BCUT2D eigenvalue weighted by Gasteiger charge is 2.08. The van der Waals surface area contributed by atoms with Gasteiger partial charge in [0.1, 0.15) is 5.82 Å². The monoisotopic (exact) mass is 301 g/mol. The van der Waals surface area contributed by atoms with Gasteiger partial charge in [-0.1, -0.05) is 0 Å². The fourth-order valence-electron chi connectivity index (χ4n) is 2.39. The Labute approximate surface area is 126 Å². The summed E-state index contributed by atoms with van der Waals surface area (Å²) < 4.78 is 13.5. The third-order valence-electron chi connectivity index (χ3n) is 3.34. The summed E-state index contributed by atoms with van der Waals surface area (Å²) in [6, 6.07) is 6.60.